The Morgan fingerprint density at radius 3 is 2.68 bits per heavy atom. The van der Waals surface area contributed by atoms with Crippen LogP contribution in [-0.4, -0.2) is 29.8 Å². The van der Waals surface area contributed by atoms with E-state index in [0.29, 0.717) is 6.42 Å². The van der Waals surface area contributed by atoms with E-state index in [1.807, 2.05) is 6.92 Å². The van der Waals surface area contributed by atoms with Crippen molar-refractivity contribution in [2.45, 2.75) is 31.7 Å². The van der Waals surface area contributed by atoms with Crippen LogP contribution in [0.1, 0.15) is 26.2 Å². The molecule has 2 rings (SSSR count). The number of amides is 1. The van der Waals surface area contributed by atoms with Gasteiger partial charge in [-0.15, -0.1) is 0 Å². The number of anilines is 1. The number of halogens is 3. The molecule has 136 valence electrons. The molecule has 0 aliphatic rings. The van der Waals surface area contributed by atoms with Crippen LogP contribution in [0.2, 0.25) is 0 Å². The molecule has 2 aromatic rings. The smallest absolute Gasteiger partial charge is 0.371 e. The van der Waals surface area contributed by atoms with Gasteiger partial charge in [-0.2, -0.15) is 21.6 Å². The van der Waals surface area contributed by atoms with Crippen molar-refractivity contribution >= 4 is 32.7 Å². The summed E-state index contributed by atoms with van der Waals surface area (Å²) in [5, 5.41) is 2.31. The fraction of sp³-hybridized carbons (Fsp3) is 0.357. The average Bonchev–Trinajstić information content (AvgIpc) is 2.54. The summed E-state index contributed by atoms with van der Waals surface area (Å²) in [6.07, 6.45) is 3.66. The molecule has 0 saturated carbocycles. The number of carbonyl (C=O) groups is 1. The number of nitrogens with zero attached hydrogens (tertiary/aromatic N) is 2. The monoisotopic (exact) mass is 377 g/mol. The van der Waals surface area contributed by atoms with Crippen LogP contribution in [0.4, 0.5) is 18.9 Å². The molecule has 11 heteroatoms. The first-order valence-corrected chi connectivity index (χ1v) is 8.61. The second kappa shape index (κ2) is 7.21. The molecule has 0 aliphatic carbocycles. The van der Waals surface area contributed by atoms with Crippen molar-refractivity contribution in [3.63, 3.8) is 0 Å². The minimum Gasteiger partial charge on any atom is -0.371 e. The van der Waals surface area contributed by atoms with Crippen LogP contribution in [0.15, 0.2) is 24.5 Å². The van der Waals surface area contributed by atoms with Gasteiger partial charge in [-0.3, -0.25) is 14.8 Å². The number of carbonyl (C=O) groups excluding carboxylic acids is 1. The summed E-state index contributed by atoms with van der Waals surface area (Å²) in [6.45, 7) is 1.86. The topological polar surface area (TPSA) is 98.2 Å². The maximum absolute atomic E-state index is 12.6. The molecule has 2 aromatic heterocycles. The summed E-state index contributed by atoms with van der Waals surface area (Å²) in [5.41, 5.74) is -6.04. The number of nitrogens with one attached hydrogen (secondary N) is 1. The molecule has 0 radical (unpaired) electrons. The lowest BCUT2D eigenvalue weighted by atomic mass is 10.2. The van der Waals surface area contributed by atoms with Gasteiger partial charge >= 0.3 is 15.6 Å². The van der Waals surface area contributed by atoms with Crippen LogP contribution in [-0.2, 0) is 14.9 Å². The normalized spacial score (nSPS) is 12.2. The number of aromatic nitrogens is 2. The van der Waals surface area contributed by atoms with Crippen molar-refractivity contribution in [3.05, 3.63) is 24.5 Å². The lowest BCUT2D eigenvalue weighted by molar-refractivity contribution is -0.116. The Kier molecular flexibility index (Phi) is 5.45. The third kappa shape index (κ3) is 4.35. The van der Waals surface area contributed by atoms with Gasteiger partial charge in [0.2, 0.25) is 5.91 Å². The molecule has 0 atom stereocenters. The third-order valence-corrected chi connectivity index (χ3v) is 4.04. The van der Waals surface area contributed by atoms with E-state index in [2.05, 4.69) is 19.5 Å². The number of rotatable bonds is 6. The molecule has 0 saturated heterocycles. The van der Waals surface area contributed by atoms with Crippen molar-refractivity contribution in [2.75, 3.05) is 5.32 Å². The van der Waals surface area contributed by atoms with E-state index in [1.54, 1.807) is 0 Å². The maximum Gasteiger partial charge on any atom is 0.534 e. The molecule has 0 aromatic carbocycles. The summed E-state index contributed by atoms with van der Waals surface area (Å²) in [6, 6.07) is 2.88. The number of fused-ring (bicyclic) bond motifs is 1. The lowest BCUT2D eigenvalue weighted by Crippen LogP contribution is -2.28. The zero-order chi connectivity index (χ0) is 18.7. The average molecular weight is 377 g/mol. The lowest BCUT2D eigenvalue weighted by Gasteiger charge is -2.14. The van der Waals surface area contributed by atoms with Crippen LogP contribution < -0.4 is 9.50 Å². The van der Waals surface area contributed by atoms with Crippen LogP contribution in [0.3, 0.4) is 0 Å². The van der Waals surface area contributed by atoms with E-state index in [4.69, 9.17) is 0 Å². The number of hydrogen-bond acceptors (Lipinski definition) is 6. The molecule has 1 N–H and O–H groups in total. The van der Waals surface area contributed by atoms with Crippen molar-refractivity contribution < 1.29 is 30.6 Å². The van der Waals surface area contributed by atoms with Crippen molar-refractivity contribution in [1.82, 2.24) is 9.97 Å². The summed E-state index contributed by atoms with van der Waals surface area (Å²) in [7, 11) is -5.94. The Hall–Kier alpha value is -2.43. The van der Waals surface area contributed by atoms with Gasteiger partial charge in [0.15, 0.2) is 5.75 Å². The number of alkyl halides is 3. The van der Waals surface area contributed by atoms with Crippen molar-refractivity contribution in [2.24, 2.45) is 0 Å². The third-order valence-electron chi connectivity index (χ3n) is 3.09. The van der Waals surface area contributed by atoms with Crippen molar-refractivity contribution in [1.29, 1.82) is 0 Å². The van der Waals surface area contributed by atoms with Gasteiger partial charge in [0.1, 0.15) is 11.2 Å². The van der Waals surface area contributed by atoms with Crippen molar-refractivity contribution in [3.8, 4) is 5.75 Å². The van der Waals surface area contributed by atoms with Crippen LogP contribution >= 0.6 is 0 Å². The first-order valence-electron chi connectivity index (χ1n) is 7.20. The van der Waals surface area contributed by atoms with E-state index >= 15 is 0 Å². The van der Waals surface area contributed by atoms with E-state index in [0.717, 1.165) is 12.6 Å². The number of hydrogen-bond donors (Lipinski definition) is 1. The van der Waals surface area contributed by atoms with E-state index in [1.165, 1.54) is 18.3 Å². The first kappa shape index (κ1) is 18.9. The minimum atomic E-state index is -5.94. The summed E-state index contributed by atoms with van der Waals surface area (Å²) in [5.74, 6) is -1.24. The van der Waals surface area contributed by atoms with E-state index in [-0.39, 0.29) is 23.1 Å². The maximum atomic E-state index is 12.6. The molecular formula is C14H14F3N3O4S. The van der Waals surface area contributed by atoms with Gasteiger partial charge in [-0.25, -0.2) is 0 Å². The quantitative estimate of drug-likeness (QED) is 0.614. The van der Waals surface area contributed by atoms with Gasteiger partial charge < -0.3 is 9.50 Å². The predicted octanol–water partition coefficient (Wildman–Crippen LogP) is 2.99. The molecular weight excluding hydrogens is 363 g/mol. The Labute approximate surface area is 141 Å². The zero-order valence-electron chi connectivity index (χ0n) is 13.0. The van der Waals surface area contributed by atoms with Gasteiger partial charge in [-0.1, -0.05) is 13.3 Å². The molecule has 2 heterocycles. The molecule has 7 nitrogen and oxygen atoms in total. The number of pyridine rings is 2. The fourth-order valence-corrected chi connectivity index (χ4v) is 2.36. The van der Waals surface area contributed by atoms with Gasteiger partial charge in [0, 0.05) is 12.6 Å². The van der Waals surface area contributed by atoms with E-state index in [9.17, 15) is 26.4 Å². The molecule has 0 spiro atoms. The van der Waals surface area contributed by atoms with Gasteiger partial charge in [0.05, 0.1) is 11.7 Å². The Balaban J connectivity index is 2.50. The Morgan fingerprint density at radius 2 is 2.04 bits per heavy atom. The SMILES string of the molecule is CCCCC(=O)Nc1cnc2cccnc2c1OS(=O)(=O)C(F)(F)F. The summed E-state index contributed by atoms with van der Waals surface area (Å²) < 4.78 is 64.9. The zero-order valence-corrected chi connectivity index (χ0v) is 13.8. The van der Waals surface area contributed by atoms with E-state index < -0.39 is 27.3 Å². The highest BCUT2D eigenvalue weighted by molar-refractivity contribution is 7.88. The van der Waals surface area contributed by atoms with Gasteiger partial charge in [0.25, 0.3) is 0 Å². The second-order valence-corrected chi connectivity index (χ2v) is 6.54. The van der Waals surface area contributed by atoms with Crippen LogP contribution in [0.25, 0.3) is 11.0 Å². The van der Waals surface area contributed by atoms with Crippen LogP contribution in [0.5, 0.6) is 5.75 Å². The number of unbranched alkanes of at least 4 members (excludes halogenated alkanes) is 1. The molecule has 0 unspecified atom stereocenters. The standard InChI is InChI=1S/C14H14F3N3O4S/c1-2-3-6-11(21)20-10-8-19-9-5-4-7-18-12(9)13(10)24-25(22,23)14(15,16)17/h4-5,7-8H,2-3,6H2,1H3,(H,20,21). The largest absolute Gasteiger partial charge is 0.534 e. The fourth-order valence-electron chi connectivity index (χ4n) is 1.88. The minimum absolute atomic E-state index is 0.112. The van der Waals surface area contributed by atoms with Crippen LogP contribution in [0, 0.1) is 0 Å². The Bertz CT molecular complexity index is 885. The molecule has 0 bridgehead atoms. The summed E-state index contributed by atoms with van der Waals surface area (Å²) >= 11 is 0. The first-order chi connectivity index (χ1) is 11.7. The second-order valence-electron chi connectivity index (χ2n) is 5.01. The Morgan fingerprint density at radius 1 is 1.32 bits per heavy atom. The highest BCUT2D eigenvalue weighted by atomic mass is 32.2. The molecule has 0 aliphatic heterocycles. The predicted molar refractivity (Wildman–Crippen MR) is 83.3 cm³/mol. The van der Waals surface area contributed by atoms with Gasteiger partial charge in [-0.05, 0) is 18.6 Å². The highest BCUT2D eigenvalue weighted by Gasteiger charge is 2.49. The molecule has 25 heavy (non-hydrogen) atoms. The highest BCUT2D eigenvalue weighted by Crippen LogP contribution is 2.35. The molecule has 1 amide bonds. The summed E-state index contributed by atoms with van der Waals surface area (Å²) in [4.78, 5) is 19.6. The molecule has 0 fully saturated rings.